The summed E-state index contributed by atoms with van der Waals surface area (Å²) < 4.78 is 1.94. The summed E-state index contributed by atoms with van der Waals surface area (Å²) in [5, 5.41) is 4.49. The van der Waals surface area contributed by atoms with Gasteiger partial charge in [0.1, 0.15) is 0 Å². The van der Waals surface area contributed by atoms with E-state index in [0.29, 0.717) is 12.0 Å². The molecular formula is C19H25N5. The van der Waals surface area contributed by atoms with E-state index in [1.54, 1.807) is 0 Å². The minimum Gasteiger partial charge on any atom is -0.370 e. The second-order valence-corrected chi connectivity index (χ2v) is 6.85. The van der Waals surface area contributed by atoms with Crippen molar-refractivity contribution in [3.05, 3.63) is 48.3 Å². The number of aliphatic imine (C=N–C) groups is 1. The summed E-state index contributed by atoms with van der Waals surface area (Å²) in [6.45, 7) is 2.11. The SMILES string of the molecule is NC(=N[C@@H]1C[C@H]1c1cnn(-c2ccccc2)c1)N1CCCCCC1. The molecule has 1 saturated heterocycles. The van der Waals surface area contributed by atoms with Crippen LogP contribution < -0.4 is 5.73 Å². The van der Waals surface area contributed by atoms with Gasteiger partial charge in [-0.05, 0) is 37.0 Å². The van der Waals surface area contributed by atoms with Gasteiger partial charge < -0.3 is 10.6 Å². The largest absolute Gasteiger partial charge is 0.370 e. The van der Waals surface area contributed by atoms with Gasteiger partial charge in [0.2, 0.25) is 0 Å². The van der Waals surface area contributed by atoms with Crippen molar-refractivity contribution in [3.63, 3.8) is 0 Å². The lowest BCUT2D eigenvalue weighted by molar-refractivity contribution is 0.428. The first-order valence-electron chi connectivity index (χ1n) is 8.99. The molecule has 126 valence electrons. The van der Waals surface area contributed by atoms with E-state index in [1.807, 2.05) is 29.1 Å². The normalized spacial score (nSPS) is 24.7. The minimum absolute atomic E-state index is 0.321. The number of benzene rings is 1. The molecule has 2 fully saturated rings. The lowest BCUT2D eigenvalue weighted by atomic mass is 10.2. The van der Waals surface area contributed by atoms with Gasteiger partial charge in [0.25, 0.3) is 0 Å². The fraction of sp³-hybridized carbons (Fsp3) is 0.474. The molecule has 5 nitrogen and oxygen atoms in total. The van der Waals surface area contributed by atoms with E-state index >= 15 is 0 Å². The molecule has 5 heteroatoms. The fourth-order valence-corrected chi connectivity index (χ4v) is 3.48. The van der Waals surface area contributed by atoms with Crippen molar-refractivity contribution < 1.29 is 0 Å². The molecule has 0 radical (unpaired) electrons. The van der Waals surface area contributed by atoms with Gasteiger partial charge in [0.15, 0.2) is 5.96 Å². The molecule has 1 aliphatic carbocycles. The number of likely N-dealkylation sites (tertiary alicyclic amines) is 1. The van der Waals surface area contributed by atoms with Gasteiger partial charge in [-0.25, -0.2) is 9.67 Å². The Morgan fingerprint density at radius 1 is 1.08 bits per heavy atom. The third-order valence-corrected chi connectivity index (χ3v) is 5.04. The summed E-state index contributed by atoms with van der Waals surface area (Å²) in [6, 6.07) is 10.5. The molecule has 2 heterocycles. The Morgan fingerprint density at radius 3 is 2.58 bits per heavy atom. The second-order valence-electron chi connectivity index (χ2n) is 6.85. The van der Waals surface area contributed by atoms with Crippen LogP contribution in [0.2, 0.25) is 0 Å². The van der Waals surface area contributed by atoms with E-state index in [1.165, 1.54) is 31.2 Å². The van der Waals surface area contributed by atoms with Crippen LogP contribution in [0, 0.1) is 0 Å². The molecule has 4 rings (SSSR count). The molecule has 2 atom stereocenters. The van der Waals surface area contributed by atoms with Gasteiger partial charge in [0.05, 0.1) is 17.9 Å². The number of aromatic nitrogens is 2. The molecule has 2 N–H and O–H groups in total. The summed E-state index contributed by atoms with van der Waals surface area (Å²) in [4.78, 5) is 7.04. The van der Waals surface area contributed by atoms with Gasteiger partial charge in [-0.1, -0.05) is 31.0 Å². The number of nitrogens with two attached hydrogens (primary N) is 1. The Bertz CT molecular complexity index is 698. The predicted molar refractivity (Wildman–Crippen MR) is 96.4 cm³/mol. The van der Waals surface area contributed by atoms with Crippen molar-refractivity contribution in [2.75, 3.05) is 13.1 Å². The summed E-state index contributed by atoms with van der Waals surface area (Å²) in [6.07, 6.45) is 10.3. The fourth-order valence-electron chi connectivity index (χ4n) is 3.48. The topological polar surface area (TPSA) is 59.4 Å². The van der Waals surface area contributed by atoms with Crippen LogP contribution >= 0.6 is 0 Å². The van der Waals surface area contributed by atoms with E-state index in [0.717, 1.165) is 31.2 Å². The molecule has 0 bridgehead atoms. The van der Waals surface area contributed by atoms with Crippen molar-refractivity contribution in [2.24, 2.45) is 10.7 Å². The zero-order chi connectivity index (χ0) is 16.4. The van der Waals surface area contributed by atoms with Crippen LogP contribution in [-0.2, 0) is 0 Å². The number of hydrogen-bond donors (Lipinski definition) is 1. The molecule has 0 spiro atoms. The van der Waals surface area contributed by atoms with Crippen LogP contribution in [-0.4, -0.2) is 39.8 Å². The van der Waals surface area contributed by atoms with E-state index in [2.05, 4.69) is 28.3 Å². The minimum atomic E-state index is 0.321. The summed E-state index contributed by atoms with van der Waals surface area (Å²) in [7, 11) is 0. The van der Waals surface area contributed by atoms with Gasteiger partial charge in [-0.15, -0.1) is 0 Å². The molecule has 24 heavy (non-hydrogen) atoms. The lowest BCUT2D eigenvalue weighted by Gasteiger charge is -2.21. The molecular weight excluding hydrogens is 298 g/mol. The van der Waals surface area contributed by atoms with E-state index in [-0.39, 0.29) is 0 Å². The van der Waals surface area contributed by atoms with E-state index in [4.69, 9.17) is 10.7 Å². The number of rotatable bonds is 3. The Hall–Kier alpha value is -2.30. The smallest absolute Gasteiger partial charge is 0.191 e. The predicted octanol–water partition coefficient (Wildman–Crippen LogP) is 2.92. The molecule has 1 aromatic heterocycles. The van der Waals surface area contributed by atoms with Crippen LogP contribution in [0.4, 0.5) is 0 Å². The first-order valence-corrected chi connectivity index (χ1v) is 8.99. The van der Waals surface area contributed by atoms with Crippen LogP contribution in [0.15, 0.2) is 47.7 Å². The highest BCUT2D eigenvalue weighted by Gasteiger charge is 2.39. The zero-order valence-corrected chi connectivity index (χ0v) is 14.0. The third-order valence-electron chi connectivity index (χ3n) is 5.04. The van der Waals surface area contributed by atoms with Gasteiger partial charge in [0, 0.05) is 25.2 Å². The van der Waals surface area contributed by atoms with Crippen LogP contribution in [0.1, 0.15) is 43.6 Å². The Morgan fingerprint density at radius 2 is 1.83 bits per heavy atom. The summed E-state index contributed by atoms with van der Waals surface area (Å²) >= 11 is 0. The average molecular weight is 323 g/mol. The van der Waals surface area contributed by atoms with Crippen molar-refractivity contribution in [3.8, 4) is 5.69 Å². The highest BCUT2D eigenvalue weighted by Crippen LogP contribution is 2.43. The van der Waals surface area contributed by atoms with Gasteiger partial charge in [-0.2, -0.15) is 5.10 Å². The number of guanidine groups is 1. The maximum atomic E-state index is 6.25. The van der Waals surface area contributed by atoms with E-state index in [9.17, 15) is 0 Å². The van der Waals surface area contributed by atoms with Gasteiger partial charge in [-0.3, -0.25) is 0 Å². The quantitative estimate of drug-likeness (QED) is 0.698. The molecule has 0 amide bonds. The second kappa shape index (κ2) is 6.67. The summed E-state index contributed by atoms with van der Waals surface area (Å²) in [5.41, 5.74) is 8.60. The number of nitrogens with zero attached hydrogens (tertiary/aromatic N) is 4. The molecule has 2 aliphatic rings. The van der Waals surface area contributed by atoms with E-state index < -0.39 is 0 Å². The maximum Gasteiger partial charge on any atom is 0.191 e. The van der Waals surface area contributed by atoms with Crippen LogP contribution in [0.5, 0.6) is 0 Å². The first-order chi connectivity index (χ1) is 11.8. The third kappa shape index (κ3) is 3.30. The summed E-state index contributed by atoms with van der Waals surface area (Å²) in [5.74, 6) is 1.20. The zero-order valence-electron chi connectivity index (χ0n) is 14.0. The Labute approximate surface area is 143 Å². The van der Waals surface area contributed by atoms with Crippen molar-refractivity contribution in [2.45, 2.75) is 44.1 Å². The maximum absolute atomic E-state index is 6.25. The van der Waals surface area contributed by atoms with Crippen molar-refractivity contribution >= 4 is 5.96 Å². The highest BCUT2D eigenvalue weighted by molar-refractivity contribution is 5.78. The molecule has 1 saturated carbocycles. The lowest BCUT2D eigenvalue weighted by Crippen LogP contribution is -2.38. The highest BCUT2D eigenvalue weighted by atomic mass is 15.3. The number of para-hydroxylation sites is 1. The standard InChI is InChI=1S/C19H25N5/c20-19(23-10-6-1-2-7-11-23)22-18-12-17(18)15-13-21-24(14-15)16-8-4-3-5-9-16/h3-5,8-9,13-14,17-18H,1-2,6-7,10-12H2,(H2,20,22)/t17-,18+/m0/s1. The average Bonchev–Trinajstić information content (AvgIpc) is 3.29. The Balaban J connectivity index is 1.41. The van der Waals surface area contributed by atoms with Gasteiger partial charge >= 0.3 is 0 Å². The monoisotopic (exact) mass is 323 g/mol. The van der Waals surface area contributed by atoms with Crippen LogP contribution in [0.3, 0.4) is 0 Å². The molecule has 0 unspecified atom stereocenters. The molecule has 1 aliphatic heterocycles. The van der Waals surface area contributed by atoms with Crippen LogP contribution in [0.25, 0.3) is 5.69 Å². The first kappa shape index (κ1) is 15.2. The Kier molecular flexibility index (Phi) is 4.24. The molecule has 1 aromatic carbocycles. The van der Waals surface area contributed by atoms with Crippen molar-refractivity contribution in [1.29, 1.82) is 0 Å². The molecule has 2 aromatic rings. The number of hydrogen-bond acceptors (Lipinski definition) is 2. The van der Waals surface area contributed by atoms with Crippen molar-refractivity contribution in [1.82, 2.24) is 14.7 Å².